The number of carbonyl (C=O) groups excluding carboxylic acids is 3. The molecule has 0 spiro atoms. The second-order valence-corrected chi connectivity index (χ2v) is 7.84. The Morgan fingerprint density at radius 2 is 1.96 bits per heavy atom. The molecule has 4 rings (SSSR count). The van der Waals surface area contributed by atoms with E-state index in [1.54, 1.807) is 0 Å². The Morgan fingerprint density at radius 3 is 2.70 bits per heavy atom. The quantitative estimate of drug-likeness (QED) is 0.796. The summed E-state index contributed by atoms with van der Waals surface area (Å²) < 4.78 is 0. The zero-order valence-electron chi connectivity index (χ0n) is 15.7. The molecular formula is C23H25NO3. The van der Waals surface area contributed by atoms with Gasteiger partial charge in [-0.25, -0.2) is 0 Å². The molecule has 1 aliphatic heterocycles. The molecule has 1 heterocycles. The van der Waals surface area contributed by atoms with Crippen LogP contribution in [0.5, 0.6) is 0 Å². The average Bonchev–Trinajstić information content (AvgIpc) is 3.05. The van der Waals surface area contributed by atoms with E-state index < -0.39 is 0 Å². The first-order chi connectivity index (χ1) is 13.1. The Bertz CT molecular complexity index is 836. The van der Waals surface area contributed by atoms with Gasteiger partial charge in [-0.2, -0.15) is 0 Å². The predicted molar refractivity (Wildman–Crippen MR) is 103 cm³/mol. The van der Waals surface area contributed by atoms with Crippen LogP contribution in [0.4, 0.5) is 0 Å². The van der Waals surface area contributed by atoms with E-state index in [9.17, 15) is 14.4 Å². The number of benzene rings is 1. The zero-order valence-corrected chi connectivity index (χ0v) is 15.7. The van der Waals surface area contributed by atoms with Gasteiger partial charge in [-0.3, -0.25) is 14.4 Å². The van der Waals surface area contributed by atoms with E-state index in [0.29, 0.717) is 37.8 Å². The fourth-order valence-electron chi connectivity index (χ4n) is 4.86. The minimum Gasteiger partial charge on any atom is -0.308 e. The number of Topliss-reactive ketones (excluding diaryl/α,β-unsaturated/α-hetero) is 2. The number of ketones is 2. The van der Waals surface area contributed by atoms with Crippen LogP contribution in [0.15, 0.2) is 53.8 Å². The van der Waals surface area contributed by atoms with Crippen molar-refractivity contribution in [3.63, 3.8) is 0 Å². The lowest BCUT2D eigenvalue weighted by molar-refractivity contribution is -0.131. The van der Waals surface area contributed by atoms with Gasteiger partial charge >= 0.3 is 0 Å². The zero-order chi connectivity index (χ0) is 19.0. The molecule has 0 N–H and O–H groups in total. The lowest BCUT2D eigenvalue weighted by Gasteiger charge is -2.34. The molecular weight excluding hydrogens is 338 g/mol. The van der Waals surface area contributed by atoms with Gasteiger partial charge in [0.15, 0.2) is 0 Å². The molecule has 2 aliphatic carbocycles. The summed E-state index contributed by atoms with van der Waals surface area (Å²) >= 11 is 0. The van der Waals surface area contributed by atoms with E-state index in [0.717, 1.165) is 17.7 Å². The van der Waals surface area contributed by atoms with Gasteiger partial charge in [0, 0.05) is 48.4 Å². The van der Waals surface area contributed by atoms with Crippen LogP contribution in [0.3, 0.4) is 0 Å². The summed E-state index contributed by atoms with van der Waals surface area (Å²) in [6, 6.07) is 9.29. The van der Waals surface area contributed by atoms with E-state index >= 15 is 0 Å². The van der Waals surface area contributed by atoms with E-state index in [4.69, 9.17) is 0 Å². The minimum absolute atomic E-state index is 0.0103. The predicted octanol–water partition coefficient (Wildman–Crippen LogP) is 3.94. The van der Waals surface area contributed by atoms with Gasteiger partial charge in [0.2, 0.25) is 0 Å². The number of nitrogens with zero attached hydrogens (tertiary/aromatic N) is 1. The smallest absolute Gasteiger partial charge is 0.258 e. The number of hydrogen-bond donors (Lipinski definition) is 0. The number of carbonyl (C=O) groups is 3. The molecule has 0 bridgehead atoms. The summed E-state index contributed by atoms with van der Waals surface area (Å²) in [5.74, 6) is 0.217. The average molecular weight is 363 g/mol. The van der Waals surface area contributed by atoms with Crippen molar-refractivity contribution in [2.24, 2.45) is 17.8 Å². The highest BCUT2D eigenvalue weighted by Gasteiger charge is 2.47. The molecule has 0 saturated heterocycles. The minimum atomic E-state index is -0.192. The molecule has 1 amide bonds. The highest BCUT2D eigenvalue weighted by molar-refractivity contribution is 5.97. The van der Waals surface area contributed by atoms with Crippen molar-refractivity contribution >= 4 is 17.5 Å². The number of allylic oxidation sites excluding steroid dienone is 2. The summed E-state index contributed by atoms with van der Waals surface area (Å²) in [5.41, 5.74) is 2.71. The van der Waals surface area contributed by atoms with Crippen LogP contribution in [-0.4, -0.2) is 28.9 Å². The second-order valence-electron chi connectivity index (χ2n) is 7.84. The third-order valence-electron chi connectivity index (χ3n) is 6.04. The van der Waals surface area contributed by atoms with Gasteiger partial charge in [-0.15, -0.1) is 0 Å². The molecule has 0 aromatic heterocycles. The Hall–Kier alpha value is -2.49. The molecule has 1 fully saturated rings. The van der Waals surface area contributed by atoms with Crippen molar-refractivity contribution in [1.82, 2.24) is 4.90 Å². The third-order valence-corrected chi connectivity index (χ3v) is 6.04. The molecule has 1 aromatic rings. The standard InChI is InChI=1S/C23H25NO3/c1-2-7-18(25)13-16-12-17-14-24(23(27)15-8-4-3-5-9-15)20-11-6-10-19(21(17)20)22(16)26/h3-6,8-9,11,16-17,19H,2,7,10,12-14H2,1H3. The van der Waals surface area contributed by atoms with Crippen molar-refractivity contribution in [2.75, 3.05) is 6.54 Å². The summed E-state index contributed by atoms with van der Waals surface area (Å²) in [6.45, 7) is 2.61. The van der Waals surface area contributed by atoms with E-state index in [2.05, 4.69) is 0 Å². The lowest BCUT2D eigenvalue weighted by Crippen LogP contribution is -2.37. The molecule has 3 aliphatic rings. The maximum Gasteiger partial charge on any atom is 0.258 e. The van der Waals surface area contributed by atoms with Crippen LogP contribution in [0.1, 0.15) is 49.4 Å². The van der Waals surface area contributed by atoms with Gasteiger partial charge in [-0.1, -0.05) is 31.2 Å². The number of amides is 1. The first-order valence-electron chi connectivity index (χ1n) is 9.93. The summed E-state index contributed by atoms with van der Waals surface area (Å²) in [6.07, 6.45) is 7.12. The topological polar surface area (TPSA) is 54.5 Å². The second kappa shape index (κ2) is 7.26. The van der Waals surface area contributed by atoms with Crippen LogP contribution >= 0.6 is 0 Å². The Balaban J connectivity index is 1.60. The van der Waals surface area contributed by atoms with E-state index in [1.807, 2.05) is 54.3 Å². The van der Waals surface area contributed by atoms with Crippen molar-refractivity contribution in [3.8, 4) is 0 Å². The van der Waals surface area contributed by atoms with E-state index in [1.165, 1.54) is 0 Å². The maximum atomic E-state index is 13.0. The summed E-state index contributed by atoms with van der Waals surface area (Å²) in [5, 5.41) is 0. The van der Waals surface area contributed by atoms with Gasteiger partial charge in [0.25, 0.3) is 5.91 Å². The third kappa shape index (κ3) is 3.18. The SMILES string of the molecule is CCCC(=O)CC1CC2CN(C(=O)c3ccccc3)C3=C2C(CC=C3)C1=O. The van der Waals surface area contributed by atoms with Crippen molar-refractivity contribution < 1.29 is 14.4 Å². The normalized spacial score (nSPS) is 26.3. The molecule has 1 aromatic carbocycles. The van der Waals surface area contributed by atoms with E-state index in [-0.39, 0.29) is 35.2 Å². The number of hydrogen-bond acceptors (Lipinski definition) is 3. The van der Waals surface area contributed by atoms with Crippen molar-refractivity contribution in [3.05, 3.63) is 59.3 Å². The molecule has 4 nitrogen and oxygen atoms in total. The molecule has 3 atom stereocenters. The lowest BCUT2D eigenvalue weighted by atomic mass is 9.67. The van der Waals surface area contributed by atoms with Gasteiger partial charge < -0.3 is 4.90 Å². The fraction of sp³-hybridized carbons (Fsp3) is 0.435. The monoisotopic (exact) mass is 363 g/mol. The molecule has 4 heteroatoms. The maximum absolute atomic E-state index is 13.0. The summed E-state index contributed by atoms with van der Waals surface area (Å²) in [4.78, 5) is 40.0. The largest absolute Gasteiger partial charge is 0.308 e. The summed E-state index contributed by atoms with van der Waals surface area (Å²) in [7, 11) is 0. The molecule has 27 heavy (non-hydrogen) atoms. The van der Waals surface area contributed by atoms with Gasteiger partial charge in [0.1, 0.15) is 11.6 Å². The Kier molecular flexibility index (Phi) is 4.81. The molecule has 1 saturated carbocycles. The highest BCUT2D eigenvalue weighted by atomic mass is 16.2. The molecule has 3 unspecified atom stereocenters. The van der Waals surface area contributed by atoms with Crippen LogP contribution in [0.2, 0.25) is 0 Å². The van der Waals surface area contributed by atoms with Crippen molar-refractivity contribution in [1.29, 1.82) is 0 Å². The van der Waals surface area contributed by atoms with Crippen LogP contribution in [-0.2, 0) is 9.59 Å². The Labute approximate surface area is 159 Å². The Morgan fingerprint density at radius 1 is 1.19 bits per heavy atom. The van der Waals surface area contributed by atoms with Gasteiger partial charge in [-0.05, 0) is 43.0 Å². The molecule has 140 valence electrons. The van der Waals surface area contributed by atoms with Crippen LogP contribution < -0.4 is 0 Å². The fourth-order valence-corrected chi connectivity index (χ4v) is 4.86. The first kappa shape index (κ1) is 17.9. The van der Waals surface area contributed by atoms with Crippen molar-refractivity contribution in [2.45, 2.75) is 39.0 Å². The van der Waals surface area contributed by atoms with Crippen LogP contribution in [0.25, 0.3) is 0 Å². The van der Waals surface area contributed by atoms with Gasteiger partial charge in [0.05, 0.1) is 0 Å². The number of rotatable bonds is 5. The molecule has 0 radical (unpaired) electrons. The van der Waals surface area contributed by atoms with Crippen LogP contribution in [0, 0.1) is 17.8 Å². The highest BCUT2D eigenvalue weighted by Crippen LogP contribution is 2.47. The first-order valence-corrected chi connectivity index (χ1v) is 9.93.